The standard InChI is InChI=1S/C10H16N4O6S/c11-4-7-3-8(12-19-7)9-2-1-6-5-13(9)10(15)14(6)20-21(16,17)18/h6-7,9H,1-5,11H2,(H,16,17,18)/t6-,7-,9+/m1/s1. The Morgan fingerprint density at radius 1 is 1.48 bits per heavy atom. The van der Waals surface area contributed by atoms with E-state index in [9.17, 15) is 13.2 Å². The molecule has 3 atom stereocenters. The third-order valence-corrected chi connectivity index (χ3v) is 4.25. The van der Waals surface area contributed by atoms with Gasteiger partial charge >= 0.3 is 16.4 Å². The van der Waals surface area contributed by atoms with E-state index < -0.39 is 22.5 Å². The maximum Gasteiger partial charge on any atom is 0.418 e. The summed E-state index contributed by atoms with van der Waals surface area (Å²) in [6.45, 7) is 0.666. The molecule has 3 aliphatic rings. The molecule has 10 nitrogen and oxygen atoms in total. The monoisotopic (exact) mass is 320 g/mol. The number of piperidine rings is 1. The molecule has 21 heavy (non-hydrogen) atoms. The van der Waals surface area contributed by atoms with Crippen LogP contribution in [0.2, 0.25) is 0 Å². The zero-order chi connectivity index (χ0) is 15.2. The van der Waals surface area contributed by atoms with Crippen molar-refractivity contribution in [3.8, 4) is 0 Å². The lowest BCUT2D eigenvalue weighted by molar-refractivity contribution is -0.0316. The first kappa shape index (κ1) is 14.5. The molecule has 11 heteroatoms. The summed E-state index contributed by atoms with van der Waals surface area (Å²) in [5.41, 5.74) is 6.25. The number of hydrogen-bond acceptors (Lipinski definition) is 7. The third-order valence-electron chi connectivity index (χ3n) is 3.90. The molecule has 2 bridgehead atoms. The molecule has 3 rings (SSSR count). The van der Waals surface area contributed by atoms with Gasteiger partial charge < -0.3 is 15.5 Å². The van der Waals surface area contributed by atoms with Crippen LogP contribution in [0.1, 0.15) is 19.3 Å². The lowest BCUT2D eigenvalue weighted by Crippen LogP contribution is -2.45. The van der Waals surface area contributed by atoms with E-state index in [4.69, 9.17) is 15.1 Å². The van der Waals surface area contributed by atoms with Crippen LogP contribution in [0.4, 0.5) is 4.79 Å². The van der Waals surface area contributed by atoms with Crippen molar-refractivity contribution in [1.82, 2.24) is 9.96 Å². The Labute approximate surface area is 121 Å². The predicted molar refractivity (Wildman–Crippen MR) is 69.4 cm³/mol. The highest BCUT2D eigenvalue weighted by Crippen LogP contribution is 2.33. The van der Waals surface area contributed by atoms with Gasteiger partial charge in [-0.15, -0.1) is 4.28 Å². The van der Waals surface area contributed by atoms with Gasteiger partial charge in [0.2, 0.25) is 0 Å². The normalized spacial score (nSPS) is 32.4. The van der Waals surface area contributed by atoms with Gasteiger partial charge in [-0.25, -0.2) is 4.79 Å². The Morgan fingerprint density at radius 3 is 2.86 bits per heavy atom. The van der Waals surface area contributed by atoms with Gasteiger partial charge in [0.05, 0.1) is 17.8 Å². The molecule has 2 saturated heterocycles. The van der Waals surface area contributed by atoms with Crippen LogP contribution in [0.25, 0.3) is 0 Å². The number of nitrogens with two attached hydrogens (primary N) is 1. The summed E-state index contributed by atoms with van der Waals surface area (Å²) in [4.78, 5) is 18.9. The topological polar surface area (TPSA) is 135 Å². The van der Waals surface area contributed by atoms with Gasteiger partial charge in [-0.2, -0.15) is 13.5 Å². The molecule has 0 radical (unpaired) electrons. The van der Waals surface area contributed by atoms with E-state index in [2.05, 4.69) is 9.44 Å². The molecular weight excluding hydrogens is 304 g/mol. The van der Waals surface area contributed by atoms with Crippen molar-refractivity contribution < 1.29 is 26.9 Å². The minimum atomic E-state index is -4.72. The van der Waals surface area contributed by atoms with E-state index >= 15 is 0 Å². The number of urea groups is 1. The van der Waals surface area contributed by atoms with Gasteiger partial charge in [0.15, 0.2) is 0 Å². The quantitative estimate of drug-likeness (QED) is 0.640. The molecule has 3 heterocycles. The Hall–Kier alpha value is -1.43. The Bertz CT molecular complexity index is 578. The number of carbonyl (C=O) groups is 1. The number of fused-ring (bicyclic) bond motifs is 2. The van der Waals surface area contributed by atoms with Gasteiger partial charge in [-0.3, -0.25) is 4.55 Å². The lowest BCUT2D eigenvalue weighted by atomic mass is 9.94. The van der Waals surface area contributed by atoms with Crippen molar-refractivity contribution in [2.75, 3.05) is 13.1 Å². The number of amides is 2. The third kappa shape index (κ3) is 2.69. The Kier molecular flexibility index (Phi) is 3.51. The van der Waals surface area contributed by atoms with Gasteiger partial charge in [0.1, 0.15) is 6.10 Å². The molecule has 0 aromatic rings. The number of oxime groups is 1. The van der Waals surface area contributed by atoms with Crippen LogP contribution in [-0.4, -0.2) is 66.0 Å². The minimum Gasteiger partial charge on any atom is -0.391 e. The van der Waals surface area contributed by atoms with Crippen LogP contribution in [0.3, 0.4) is 0 Å². The van der Waals surface area contributed by atoms with Crippen LogP contribution < -0.4 is 5.73 Å². The van der Waals surface area contributed by atoms with Crippen molar-refractivity contribution in [2.24, 2.45) is 10.9 Å². The van der Waals surface area contributed by atoms with Crippen LogP contribution in [0.15, 0.2) is 5.16 Å². The van der Waals surface area contributed by atoms with Crippen molar-refractivity contribution in [3.05, 3.63) is 0 Å². The Morgan fingerprint density at radius 2 is 2.24 bits per heavy atom. The summed E-state index contributed by atoms with van der Waals surface area (Å²) in [5.74, 6) is 0. The highest BCUT2D eigenvalue weighted by molar-refractivity contribution is 7.80. The number of rotatable bonds is 4. The second-order valence-electron chi connectivity index (χ2n) is 5.26. The van der Waals surface area contributed by atoms with Gasteiger partial charge in [-0.1, -0.05) is 5.16 Å². The van der Waals surface area contributed by atoms with E-state index in [1.807, 2.05) is 0 Å². The van der Waals surface area contributed by atoms with E-state index in [-0.39, 0.29) is 12.1 Å². The molecule has 2 amide bonds. The fourth-order valence-corrected chi connectivity index (χ4v) is 3.34. The maximum absolute atomic E-state index is 12.2. The number of hydrogen-bond donors (Lipinski definition) is 2. The summed E-state index contributed by atoms with van der Waals surface area (Å²) in [7, 11) is -4.72. The lowest BCUT2D eigenvalue weighted by Gasteiger charge is -2.29. The molecule has 0 unspecified atom stereocenters. The first-order valence-corrected chi connectivity index (χ1v) is 7.95. The van der Waals surface area contributed by atoms with E-state index in [1.165, 1.54) is 4.90 Å². The summed E-state index contributed by atoms with van der Waals surface area (Å²) < 4.78 is 34.7. The van der Waals surface area contributed by atoms with Crippen molar-refractivity contribution >= 4 is 22.1 Å². The summed E-state index contributed by atoms with van der Waals surface area (Å²) in [5, 5.41) is 4.69. The zero-order valence-corrected chi connectivity index (χ0v) is 11.9. The molecule has 3 N–H and O–H groups in total. The maximum atomic E-state index is 12.2. The molecule has 3 aliphatic heterocycles. The van der Waals surface area contributed by atoms with Crippen molar-refractivity contribution in [2.45, 2.75) is 37.5 Å². The number of nitrogens with zero attached hydrogens (tertiary/aromatic N) is 3. The first-order valence-electron chi connectivity index (χ1n) is 6.58. The molecule has 0 aromatic carbocycles. The smallest absolute Gasteiger partial charge is 0.391 e. The fraction of sp³-hybridized carbons (Fsp3) is 0.800. The largest absolute Gasteiger partial charge is 0.418 e. The number of hydroxylamine groups is 2. The number of carbonyl (C=O) groups excluding carboxylic acids is 1. The van der Waals surface area contributed by atoms with Gasteiger partial charge in [-0.05, 0) is 12.8 Å². The molecule has 0 aromatic heterocycles. The molecule has 0 spiro atoms. The molecule has 0 saturated carbocycles. The SMILES string of the molecule is NC[C@H]1CC([C@@H]2CC[C@@H]3CN2C(=O)N3OS(=O)(=O)O)=NO1. The minimum absolute atomic E-state index is 0.180. The van der Waals surface area contributed by atoms with Crippen LogP contribution in [0.5, 0.6) is 0 Å². The molecule has 0 aliphatic carbocycles. The van der Waals surface area contributed by atoms with E-state index in [1.54, 1.807) is 0 Å². The summed E-state index contributed by atoms with van der Waals surface area (Å²) in [6, 6.07) is -1.25. The van der Waals surface area contributed by atoms with E-state index in [0.29, 0.717) is 37.4 Å². The van der Waals surface area contributed by atoms with Crippen LogP contribution >= 0.6 is 0 Å². The highest BCUT2D eigenvalue weighted by atomic mass is 32.3. The predicted octanol–water partition coefficient (Wildman–Crippen LogP) is -0.907. The highest BCUT2D eigenvalue weighted by Gasteiger charge is 2.49. The molecule has 2 fully saturated rings. The zero-order valence-electron chi connectivity index (χ0n) is 11.1. The second-order valence-corrected chi connectivity index (χ2v) is 6.26. The Balaban J connectivity index is 1.74. The summed E-state index contributed by atoms with van der Waals surface area (Å²) in [6.07, 6.45) is 1.55. The van der Waals surface area contributed by atoms with Gasteiger partial charge in [0.25, 0.3) is 0 Å². The summed E-state index contributed by atoms with van der Waals surface area (Å²) >= 11 is 0. The van der Waals surface area contributed by atoms with Crippen LogP contribution in [0, 0.1) is 0 Å². The first-order chi connectivity index (χ1) is 9.89. The molecule has 118 valence electrons. The molecular formula is C10H16N4O6S. The average Bonchev–Trinajstić information content (AvgIpc) is 2.98. The van der Waals surface area contributed by atoms with E-state index in [0.717, 1.165) is 5.71 Å². The van der Waals surface area contributed by atoms with Gasteiger partial charge in [0, 0.05) is 19.5 Å². The van der Waals surface area contributed by atoms with Crippen molar-refractivity contribution in [1.29, 1.82) is 0 Å². The average molecular weight is 320 g/mol. The second kappa shape index (κ2) is 5.09. The van der Waals surface area contributed by atoms with Crippen molar-refractivity contribution in [3.63, 3.8) is 0 Å². The fourth-order valence-electron chi connectivity index (χ4n) is 2.95. The van der Waals surface area contributed by atoms with Crippen LogP contribution in [-0.2, 0) is 19.5 Å².